The van der Waals surface area contributed by atoms with Gasteiger partial charge in [0.2, 0.25) is 0 Å². The van der Waals surface area contributed by atoms with E-state index in [1.54, 1.807) is 0 Å². The van der Waals surface area contributed by atoms with Crippen molar-refractivity contribution in [2.24, 2.45) is 5.73 Å². The van der Waals surface area contributed by atoms with Crippen LogP contribution in [-0.4, -0.2) is 39.9 Å². The van der Waals surface area contributed by atoms with Crippen LogP contribution in [0.3, 0.4) is 0 Å². The molecule has 5 heteroatoms. The molecular formula is C6H12NO4. The molecule has 1 rings (SSSR count). The van der Waals surface area contributed by atoms with Gasteiger partial charge in [0, 0.05) is 6.42 Å². The van der Waals surface area contributed by atoms with E-state index in [0.29, 0.717) is 0 Å². The Balaban J connectivity index is 2.60. The summed E-state index contributed by atoms with van der Waals surface area (Å²) in [6, 6.07) is 0. The van der Waals surface area contributed by atoms with Crippen LogP contribution < -0.4 is 5.73 Å². The van der Waals surface area contributed by atoms with Crippen molar-refractivity contribution in [2.45, 2.75) is 24.4 Å². The van der Waals surface area contributed by atoms with Gasteiger partial charge in [-0.2, -0.15) is 0 Å². The van der Waals surface area contributed by atoms with Gasteiger partial charge < -0.3 is 25.8 Å². The highest BCUT2D eigenvalue weighted by Crippen LogP contribution is 2.22. The van der Waals surface area contributed by atoms with Crippen molar-refractivity contribution in [1.82, 2.24) is 0 Å². The van der Waals surface area contributed by atoms with Crippen molar-refractivity contribution in [2.75, 3.05) is 6.61 Å². The van der Waals surface area contributed by atoms with E-state index in [-0.39, 0.29) is 13.0 Å². The van der Waals surface area contributed by atoms with Gasteiger partial charge in [-0.3, -0.25) is 0 Å². The summed E-state index contributed by atoms with van der Waals surface area (Å²) in [5.41, 5.74) is 3.60. The second-order valence-electron chi connectivity index (χ2n) is 2.66. The van der Waals surface area contributed by atoms with Crippen molar-refractivity contribution >= 4 is 0 Å². The predicted octanol–water partition coefficient (Wildman–Crippen LogP) is -2.06. The number of aliphatic hydroxyl groups is 3. The average Bonchev–Trinajstić information content (AvgIpc) is 1.95. The molecule has 0 unspecified atom stereocenters. The minimum Gasteiger partial charge on any atom is -0.394 e. The molecule has 1 aliphatic heterocycles. The zero-order chi connectivity index (χ0) is 8.48. The van der Waals surface area contributed by atoms with Crippen LogP contribution >= 0.6 is 0 Å². The van der Waals surface area contributed by atoms with Gasteiger partial charge in [0.1, 0.15) is 17.9 Å². The lowest BCUT2D eigenvalue weighted by Gasteiger charge is -2.37. The lowest BCUT2D eigenvalue weighted by atomic mass is 9.97. The molecule has 3 atom stereocenters. The summed E-state index contributed by atoms with van der Waals surface area (Å²) in [6.45, 7) is 0.921. The van der Waals surface area contributed by atoms with Crippen LogP contribution in [0.2, 0.25) is 0 Å². The largest absolute Gasteiger partial charge is 0.394 e. The topological polar surface area (TPSA) is 95.9 Å². The standard InChI is InChI=1S/C6H12NO4/c7-6(10)1-2-11-4(3-8)5(6)9/h2,4-5,8-10H,1,3,7H2/t4-,5-,6-/m1/s1. The number of ether oxygens (including phenoxy) is 1. The van der Waals surface area contributed by atoms with Crippen molar-refractivity contribution in [3.63, 3.8) is 0 Å². The van der Waals surface area contributed by atoms with Crippen LogP contribution in [0.1, 0.15) is 6.42 Å². The van der Waals surface area contributed by atoms with Crippen LogP contribution in [0.4, 0.5) is 0 Å². The number of aliphatic hydroxyl groups excluding tert-OH is 2. The number of nitrogens with two attached hydrogens (primary N) is 1. The minimum absolute atomic E-state index is 0.0602. The Hall–Kier alpha value is -0.200. The lowest BCUT2D eigenvalue weighted by molar-refractivity contribution is -0.176. The number of rotatable bonds is 1. The Labute approximate surface area is 64.4 Å². The molecule has 5 nitrogen and oxygen atoms in total. The maximum Gasteiger partial charge on any atom is 0.144 e. The van der Waals surface area contributed by atoms with E-state index < -0.39 is 17.9 Å². The first kappa shape index (κ1) is 8.89. The fourth-order valence-corrected chi connectivity index (χ4v) is 0.965. The van der Waals surface area contributed by atoms with E-state index in [9.17, 15) is 10.2 Å². The fourth-order valence-electron chi connectivity index (χ4n) is 0.965. The van der Waals surface area contributed by atoms with Gasteiger partial charge in [-0.1, -0.05) is 0 Å². The van der Waals surface area contributed by atoms with Gasteiger partial charge in [-0.25, -0.2) is 0 Å². The molecule has 0 spiro atoms. The summed E-state index contributed by atoms with van der Waals surface area (Å²) in [5.74, 6) is 0. The maximum absolute atomic E-state index is 9.25. The van der Waals surface area contributed by atoms with Crippen molar-refractivity contribution < 1.29 is 20.1 Å². The molecule has 1 saturated heterocycles. The zero-order valence-corrected chi connectivity index (χ0v) is 5.97. The van der Waals surface area contributed by atoms with Crippen LogP contribution in [0.15, 0.2) is 0 Å². The minimum atomic E-state index is -1.67. The molecule has 0 amide bonds. The molecular weight excluding hydrogens is 150 g/mol. The van der Waals surface area contributed by atoms with Crippen LogP contribution in [0.5, 0.6) is 0 Å². The van der Waals surface area contributed by atoms with E-state index >= 15 is 0 Å². The Bertz CT molecular complexity index is 139. The SMILES string of the molecule is N[C@@]1(O)C[CH]O[C@H](CO)[C@H]1O. The van der Waals surface area contributed by atoms with Gasteiger partial charge in [0.15, 0.2) is 0 Å². The molecule has 0 aromatic carbocycles. The molecule has 0 saturated carbocycles. The third-order valence-electron chi connectivity index (χ3n) is 1.73. The lowest BCUT2D eigenvalue weighted by Crippen LogP contribution is -2.60. The molecule has 11 heavy (non-hydrogen) atoms. The van der Waals surface area contributed by atoms with E-state index in [0.717, 1.165) is 0 Å². The third kappa shape index (κ3) is 1.69. The first-order valence-corrected chi connectivity index (χ1v) is 3.35. The second kappa shape index (κ2) is 3.04. The van der Waals surface area contributed by atoms with Crippen molar-refractivity contribution in [3.8, 4) is 0 Å². The molecule has 0 aromatic rings. The summed E-state index contributed by atoms with van der Waals surface area (Å²) in [6.07, 6.45) is -2.00. The van der Waals surface area contributed by atoms with Gasteiger partial charge in [0.05, 0.1) is 13.2 Å². The Kier molecular flexibility index (Phi) is 2.46. The maximum atomic E-state index is 9.25. The quantitative estimate of drug-likeness (QED) is 0.332. The molecule has 1 fully saturated rings. The Morgan fingerprint density at radius 1 is 1.73 bits per heavy atom. The Morgan fingerprint density at radius 2 is 2.36 bits per heavy atom. The van der Waals surface area contributed by atoms with E-state index in [1.807, 2.05) is 0 Å². The summed E-state index contributed by atoms with van der Waals surface area (Å²) in [5, 5.41) is 27.1. The van der Waals surface area contributed by atoms with Gasteiger partial charge in [0.25, 0.3) is 0 Å². The highest BCUT2D eigenvalue weighted by molar-refractivity contribution is 4.92. The normalized spacial score (nSPS) is 45.8. The smallest absolute Gasteiger partial charge is 0.144 e. The predicted molar refractivity (Wildman–Crippen MR) is 36.0 cm³/mol. The molecule has 1 radical (unpaired) electrons. The molecule has 65 valence electrons. The van der Waals surface area contributed by atoms with Crippen LogP contribution in [0.25, 0.3) is 0 Å². The van der Waals surface area contributed by atoms with E-state index in [2.05, 4.69) is 0 Å². The monoisotopic (exact) mass is 162 g/mol. The molecule has 1 heterocycles. The highest BCUT2D eigenvalue weighted by Gasteiger charge is 2.41. The molecule has 0 aromatic heterocycles. The third-order valence-corrected chi connectivity index (χ3v) is 1.73. The molecule has 0 aliphatic carbocycles. The number of hydrogen-bond donors (Lipinski definition) is 4. The number of hydrogen-bond acceptors (Lipinski definition) is 5. The second-order valence-corrected chi connectivity index (χ2v) is 2.66. The fraction of sp³-hybridized carbons (Fsp3) is 0.833. The summed E-state index contributed by atoms with van der Waals surface area (Å²) in [7, 11) is 0. The average molecular weight is 162 g/mol. The van der Waals surface area contributed by atoms with Gasteiger partial charge in [-0.15, -0.1) is 0 Å². The summed E-state index contributed by atoms with van der Waals surface area (Å²) < 4.78 is 4.81. The van der Waals surface area contributed by atoms with E-state index in [4.69, 9.17) is 15.6 Å². The van der Waals surface area contributed by atoms with Crippen LogP contribution in [0, 0.1) is 6.61 Å². The van der Waals surface area contributed by atoms with Crippen molar-refractivity contribution in [1.29, 1.82) is 0 Å². The zero-order valence-electron chi connectivity index (χ0n) is 5.97. The molecule has 1 aliphatic rings. The first-order chi connectivity index (χ1) is 5.08. The van der Waals surface area contributed by atoms with E-state index in [1.165, 1.54) is 6.61 Å². The molecule has 5 N–H and O–H groups in total. The van der Waals surface area contributed by atoms with Gasteiger partial charge in [-0.05, 0) is 0 Å². The van der Waals surface area contributed by atoms with Crippen molar-refractivity contribution in [3.05, 3.63) is 6.61 Å². The first-order valence-electron chi connectivity index (χ1n) is 3.35. The molecule has 0 bridgehead atoms. The summed E-state index contributed by atoms with van der Waals surface area (Å²) >= 11 is 0. The van der Waals surface area contributed by atoms with Gasteiger partial charge >= 0.3 is 0 Å². The Morgan fingerprint density at radius 3 is 2.82 bits per heavy atom. The highest BCUT2D eigenvalue weighted by atomic mass is 16.5. The van der Waals surface area contributed by atoms with Crippen LogP contribution in [-0.2, 0) is 4.74 Å². The summed E-state index contributed by atoms with van der Waals surface area (Å²) in [4.78, 5) is 0.